The first-order valence-corrected chi connectivity index (χ1v) is 10.6. The molecule has 0 amide bonds. The predicted molar refractivity (Wildman–Crippen MR) is 99.2 cm³/mol. The fourth-order valence-electron chi connectivity index (χ4n) is 5.57. The van der Waals surface area contributed by atoms with Crippen LogP contribution in [0.2, 0.25) is 0 Å². The lowest BCUT2D eigenvalue weighted by atomic mass is 9.55. The van der Waals surface area contributed by atoms with Crippen LogP contribution in [0.5, 0.6) is 5.75 Å². The molecule has 5 nitrogen and oxygen atoms in total. The molecular weight excluding hydrogens is 350 g/mol. The van der Waals surface area contributed by atoms with Gasteiger partial charge in [-0.15, -0.1) is 0 Å². The SMILES string of the molecule is C=C1CC(=O)[C@@]2(C)CC[C@@H]3c4ccc(OS(=O)(=O)NC)cc4CC[C@H]3[C@H]12. The van der Waals surface area contributed by atoms with E-state index in [9.17, 15) is 13.2 Å². The summed E-state index contributed by atoms with van der Waals surface area (Å²) in [6.45, 7) is 6.36. The minimum atomic E-state index is -3.75. The van der Waals surface area contributed by atoms with Crippen LogP contribution in [0.3, 0.4) is 0 Å². The lowest BCUT2D eigenvalue weighted by molar-refractivity contribution is -0.129. The zero-order valence-electron chi connectivity index (χ0n) is 15.2. The number of hydrogen-bond donors (Lipinski definition) is 1. The molecule has 0 bridgehead atoms. The Bertz CT molecular complexity index is 891. The third-order valence-electron chi connectivity index (χ3n) is 6.79. The van der Waals surface area contributed by atoms with Gasteiger partial charge in [-0.25, -0.2) is 0 Å². The molecule has 1 aromatic carbocycles. The number of nitrogens with one attached hydrogen (secondary N) is 1. The highest BCUT2D eigenvalue weighted by atomic mass is 32.2. The molecule has 26 heavy (non-hydrogen) atoms. The fourth-order valence-corrected chi connectivity index (χ4v) is 6.01. The Morgan fingerprint density at radius 2 is 2.08 bits per heavy atom. The minimum Gasteiger partial charge on any atom is -0.371 e. The number of ketones is 1. The normalized spacial score (nSPS) is 33.4. The average Bonchev–Trinajstić information content (AvgIpc) is 2.83. The van der Waals surface area contributed by atoms with Crippen LogP contribution in [-0.4, -0.2) is 21.2 Å². The van der Waals surface area contributed by atoms with Crippen molar-refractivity contribution in [2.75, 3.05) is 7.05 Å². The van der Waals surface area contributed by atoms with Crippen molar-refractivity contribution in [3.63, 3.8) is 0 Å². The first-order valence-electron chi connectivity index (χ1n) is 9.22. The number of aryl methyl sites for hydroxylation is 1. The van der Waals surface area contributed by atoms with Gasteiger partial charge in [-0.3, -0.25) is 4.79 Å². The number of rotatable bonds is 3. The Morgan fingerprint density at radius 3 is 2.81 bits per heavy atom. The Balaban J connectivity index is 1.65. The molecule has 140 valence electrons. The number of benzene rings is 1. The summed E-state index contributed by atoms with van der Waals surface area (Å²) in [5.74, 6) is 1.85. The highest BCUT2D eigenvalue weighted by Gasteiger charge is 2.56. The second-order valence-corrected chi connectivity index (χ2v) is 9.59. The molecule has 0 unspecified atom stereocenters. The molecule has 1 N–H and O–H groups in total. The van der Waals surface area contributed by atoms with Gasteiger partial charge in [0.2, 0.25) is 0 Å². The molecular formula is C20H25NO4S. The molecule has 0 saturated heterocycles. The standard InChI is InChI=1S/C20H25NO4S/c1-12-10-18(22)20(2)9-8-16-15-7-5-14(25-26(23,24)21-3)11-13(15)4-6-17(16)19(12)20/h5,7,11,16-17,19,21H,1,4,6,8-10H2,2-3H3/t16-,17-,19+,20-/m1/s1. The van der Waals surface area contributed by atoms with Gasteiger partial charge in [-0.05, 0) is 66.7 Å². The van der Waals surface area contributed by atoms with E-state index in [-0.39, 0.29) is 11.3 Å². The Kier molecular flexibility index (Phi) is 4.04. The van der Waals surface area contributed by atoms with Gasteiger partial charge in [0.1, 0.15) is 11.5 Å². The monoisotopic (exact) mass is 375 g/mol. The van der Waals surface area contributed by atoms with Gasteiger partial charge in [0.25, 0.3) is 0 Å². The summed E-state index contributed by atoms with van der Waals surface area (Å²) in [5.41, 5.74) is 3.31. The molecule has 0 spiro atoms. The van der Waals surface area contributed by atoms with Gasteiger partial charge < -0.3 is 4.18 Å². The van der Waals surface area contributed by atoms with Crippen LogP contribution in [0.15, 0.2) is 30.4 Å². The van der Waals surface area contributed by atoms with Crippen LogP contribution >= 0.6 is 0 Å². The van der Waals surface area contributed by atoms with Crippen molar-refractivity contribution in [3.8, 4) is 5.75 Å². The van der Waals surface area contributed by atoms with Crippen molar-refractivity contribution in [2.24, 2.45) is 17.3 Å². The van der Waals surface area contributed by atoms with Crippen LogP contribution < -0.4 is 8.91 Å². The molecule has 0 radical (unpaired) electrons. The predicted octanol–water partition coefficient (Wildman–Crippen LogP) is 3.12. The van der Waals surface area contributed by atoms with Crippen LogP contribution in [0.1, 0.15) is 49.7 Å². The smallest absolute Gasteiger partial charge is 0.371 e. The van der Waals surface area contributed by atoms with E-state index in [4.69, 9.17) is 4.18 Å². The molecule has 6 heteroatoms. The average molecular weight is 375 g/mol. The van der Waals surface area contributed by atoms with E-state index in [0.717, 1.165) is 36.8 Å². The third kappa shape index (κ3) is 2.62. The largest absolute Gasteiger partial charge is 0.382 e. The van der Waals surface area contributed by atoms with Crippen molar-refractivity contribution in [1.29, 1.82) is 0 Å². The quantitative estimate of drug-likeness (QED) is 0.824. The fraction of sp³-hybridized carbons (Fsp3) is 0.550. The lowest BCUT2D eigenvalue weighted by Gasteiger charge is -2.48. The van der Waals surface area contributed by atoms with E-state index in [1.54, 1.807) is 6.07 Å². The van der Waals surface area contributed by atoms with Crippen LogP contribution in [0.25, 0.3) is 0 Å². The van der Waals surface area contributed by atoms with Crippen LogP contribution in [-0.2, 0) is 21.5 Å². The van der Waals surface area contributed by atoms with E-state index in [0.29, 0.717) is 29.8 Å². The van der Waals surface area contributed by atoms with E-state index in [1.807, 2.05) is 12.1 Å². The summed E-state index contributed by atoms with van der Waals surface area (Å²) in [4.78, 5) is 12.5. The van der Waals surface area contributed by atoms with E-state index >= 15 is 0 Å². The Labute approximate surface area is 155 Å². The number of allylic oxidation sites excluding steroid dienone is 1. The number of Topliss-reactive ketones (excluding diaryl/α,β-unsaturated/α-hetero) is 1. The molecule has 2 saturated carbocycles. The van der Waals surface area contributed by atoms with Crippen molar-refractivity contribution in [2.45, 2.75) is 44.9 Å². The van der Waals surface area contributed by atoms with Gasteiger partial charge in [-0.1, -0.05) is 25.1 Å². The van der Waals surface area contributed by atoms with Crippen molar-refractivity contribution in [1.82, 2.24) is 4.72 Å². The van der Waals surface area contributed by atoms with E-state index in [1.165, 1.54) is 12.6 Å². The number of carbonyl (C=O) groups excluding carboxylic acids is 1. The number of fused-ring (bicyclic) bond motifs is 5. The van der Waals surface area contributed by atoms with Crippen molar-refractivity contribution in [3.05, 3.63) is 41.5 Å². The number of hydrogen-bond acceptors (Lipinski definition) is 4. The first-order chi connectivity index (χ1) is 12.2. The van der Waals surface area contributed by atoms with Crippen molar-refractivity contribution < 1.29 is 17.4 Å². The lowest BCUT2D eigenvalue weighted by Crippen LogP contribution is -2.42. The van der Waals surface area contributed by atoms with Gasteiger partial charge in [0.15, 0.2) is 0 Å². The number of carbonyl (C=O) groups is 1. The molecule has 3 aliphatic carbocycles. The molecule has 1 aromatic rings. The maximum Gasteiger partial charge on any atom is 0.382 e. The van der Waals surface area contributed by atoms with Gasteiger partial charge in [-0.2, -0.15) is 13.1 Å². The van der Waals surface area contributed by atoms with Crippen LogP contribution in [0, 0.1) is 17.3 Å². The maximum absolute atomic E-state index is 12.5. The molecule has 0 aliphatic heterocycles. The van der Waals surface area contributed by atoms with Crippen LogP contribution in [0.4, 0.5) is 0 Å². The summed E-state index contributed by atoms with van der Waals surface area (Å²) in [6, 6.07) is 5.59. The zero-order chi connectivity index (χ0) is 18.7. The van der Waals surface area contributed by atoms with Gasteiger partial charge >= 0.3 is 10.3 Å². The Morgan fingerprint density at radius 1 is 1.31 bits per heavy atom. The second kappa shape index (κ2) is 5.92. The topological polar surface area (TPSA) is 72.5 Å². The van der Waals surface area contributed by atoms with Crippen molar-refractivity contribution >= 4 is 16.1 Å². The second-order valence-electron chi connectivity index (χ2n) is 8.10. The summed E-state index contributed by atoms with van der Waals surface area (Å²) in [7, 11) is -2.43. The summed E-state index contributed by atoms with van der Waals surface area (Å²) < 4.78 is 30.5. The summed E-state index contributed by atoms with van der Waals surface area (Å²) in [6.07, 6.45) is 4.32. The molecule has 4 atom stereocenters. The summed E-state index contributed by atoms with van der Waals surface area (Å²) >= 11 is 0. The highest BCUT2D eigenvalue weighted by Crippen LogP contribution is 2.60. The molecule has 0 heterocycles. The zero-order valence-corrected chi connectivity index (χ0v) is 16.1. The molecule has 3 aliphatic rings. The summed E-state index contributed by atoms with van der Waals surface area (Å²) in [5, 5.41) is 0. The van der Waals surface area contributed by atoms with E-state index < -0.39 is 10.3 Å². The first kappa shape index (κ1) is 17.7. The molecule has 2 fully saturated rings. The van der Waals surface area contributed by atoms with Gasteiger partial charge in [0, 0.05) is 18.9 Å². The van der Waals surface area contributed by atoms with Gasteiger partial charge in [0.05, 0.1) is 0 Å². The third-order valence-corrected chi connectivity index (χ3v) is 7.70. The Hall–Kier alpha value is -1.66. The minimum absolute atomic E-state index is 0.236. The highest BCUT2D eigenvalue weighted by molar-refractivity contribution is 7.85. The molecule has 4 rings (SSSR count). The maximum atomic E-state index is 12.5. The van der Waals surface area contributed by atoms with E-state index in [2.05, 4.69) is 18.2 Å². The molecule has 0 aromatic heterocycles.